The fraction of sp³-hybridized carbons (Fsp3) is 0.320. The number of aryl methyl sites for hydroxylation is 1. The van der Waals surface area contributed by atoms with E-state index in [1.54, 1.807) is 24.5 Å². The van der Waals surface area contributed by atoms with E-state index in [0.29, 0.717) is 46.1 Å². The van der Waals surface area contributed by atoms with Gasteiger partial charge in [-0.2, -0.15) is 5.10 Å². The van der Waals surface area contributed by atoms with Crippen molar-refractivity contribution in [1.82, 2.24) is 30.3 Å². The minimum Gasteiger partial charge on any atom is -0.361 e. The van der Waals surface area contributed by atoms with E-state index in [2.05, 4.69) is 25.2 Å². The predicted octanol–water partition coefficient (Wildman–Crippen LogP) is 3.36. The lowest BCUT2D eigenvalue weighted by atomic mass is 9.97. The normalized spacial score (nSPS) is 23.7. The van der Waals surface area contributed by atoms with E-state index < -0.39 is 0 Å². The summed E-state index contributed by atoms with van der Waals surface area (Å²) in [6, 6.07) is 8.78. The molecule has 176 valence electrons. The fourth-order valence-electron chi connectivity index (χ4n) is 6.04. The van der Waals surface area contributed by atoms with Crippen LogP contribution in [0.5, 0.6) is 0 Å². The lowest BCUT2D eigenvalue weighted by Gasteiger charge is -2.26. The standard InChI is InChI=1S/C25H23FN8O/c1-13-9-19(33-35-13)25(12-27)16-6-8-34(11-17(16)25)20-10-29-23-22(31-32-24(23)30-20)15-4-5-18(26)21-14(15)3-2-7-28-21/h2-5,7,9-10,16-17H,6,8,11-12,27H2,1H3,(H,30,31,32). The number of halogens is 1. The molecule has 5 heterocycles. The lowest BCUT2D eigenvalue weighted by molar-refractivity contribution is 0.379. The molecule has 1 aromatic carbocycles. The van der Waals surface area contributed by atoms with Crippen LogP contribution >= 0.6 is 0 Å². The molecule has 1 saturated carbocycles. The number of nitrogens with one attached hydrogen (secondary N) is 1. The van der Waals surface area contributed by atoms with Crippen LogP contribution in [0.25, 0.3) is 33.3 Å². The number of H-pyrrole nitrogens is 1. The van der Waals surface area contributed by atoms with Crippen LogP contribution in [0.3, 0.4) is 0 Å². The van der Waals surface area contributed by atoms with Gasteiger partial charge < -0.3 is 15.2 Å². The second kappa shape index (κ2) is 7.29. The van der Waals surface area contributed by atoms with Crippen LogP contribution in [-0.2, 0) is 5.41 Å². The van der Waals surface area contributed by atoms with E-state index >= 15 is 0 Å². The van der Waals surface area contributed by atoms with Gasteiger partial charge in [0.1, 0.15) is 28.4 Å². The highest BCUT2D eigenvalue weighted by atomic mass is 19.1. The van der Waals surface area contributed by atoms with E-state index in [1.807, 2.05) is 19.1 Å². The van der Waals surface area contributed by atoms with Crippen molar-refractivity contribution >= 4 is 27.9 Å². The molecule has 9 nitrogen and oxygen atoms in total. The quantitative estimate of drug-likeness (QED) is 0.410. The Hall–Kier alpha value is -3.92. The summed E-state index contributed by atoms with van der Waals surface area (Å²) in [6.07, 6.45) is 4.38. The molecule has 1 aliphatic heterocycles. The zero-order chi connectivity index (χ0) is 23.7. The molecule has 2 aliphatic rings. The first-order valence-corrected chi connectivity index (χ1v) is 11.7. The van der Waals surface area contributed by atoms with Crippen molar-refractivity contribution in [2.24, 2.45) is 17.6 Å². The minimum atomic E-state index is -0.362. The lowest BCUT2D eigenvalue weighted by Crippen LogP contribution is -2.32. The van der Waals surface area contributed by atoms with Crippen LogP contribution in [0.1, 0.15) is 17.9 Å². The van der Waals surface area contributed by atoms with Gasteiger partial charge in [-0.3, -0.25) is 10.1 Å². The zero-order valence-electron chi connectivity index (χ0n) is 19.1. The van der Waals surface area contributed by atoms with Gasteiger partial charge >= 0.3 is 0 Å². The number of nitrogens with two attached hydrogens (primary N) is 1. The Morgan fingerprint density at radius 3 is 2.97 bits per heavy atom. The SMILES string of the molecule is Cc1cc(C2(CN)C3CCN(c4cnc5c(-c6ccc(F)c7ncccc67)[nH]nc5n4)CC32)no1. The van der Waals surface area contributed by atoms with Crippen molar-refractivity contribution in [3.63, 3.8) is 0 Å². The number of hydrogen-bond acceptors (Lipinski definition) is 8. The van der Waals surface area contributed by atoms with Gasteiger partial charge in [0.15, 0.2) is 0 Å². The topological polar surface area (TPSA) is 123 Å². The van der Waals surface area contributed by atoms with E-state index in [0.717, 1.165) is 42.3 Å². The first-order chi connectivity index (χ1) is 17.1. The maximum absolute atomic E-state index is 14.3. The van der Waals surface area contributed by atoms with Crippen LogP contribution in [0.4, 0.5) is 10.2 Å². The molecular formula is C25H23FN8O. The average Bonchev–Trinajstić information content (AvgIpc) is 3.13. The van der Waals surface area contributed by atoms with Gasteiger partial charge in [0, 0.05) is 48.3 Å². The van der Waals surface area contributed by atoms with Gasteiger partial charge in [0.25, 0.3) is 0 Å². The van der Waals surface area contributed by atoms with E-state index in [-0.39, 0.29) is 11.2 Å². The average molecular weight is 471 g/mol. The second-order valence-electron chi connectivity index (χ2n) is 9.51. The third-order valence-corrected chi connectivity index (χ3v) is 7.84. The second-order valence-corrected chi connectivity index (χ2v) is 9.51. The summed E-state index contributed by atoms with van der Waals surface area (Å²) in [7, 11) is 0. The van der Waals surface area contributed by atoms with Crippen molar-refractivity contribution in [2.75, 3.05) is 24.5 Å². The Morgan fingerprint density at radius 2 is 2.14 bits per heavy atom. The van der Waals surface area contributed by atoms with Crippen LogP contribution in [0, 0.1) is 24.6 Å². The maximum atomic E-state index is 14.3. The molecule has 2 fully saturated rings. The minimum absolute atomic E-state index is 0.124. The smallest absolute Gasteiger partial charge is 0.202 e. The molecule has 0 radical (unpaired) electrons. The van der Waals surface area contributed by atoms with Crippen molar-refractivity contribution in [1.29, 1.82) is 0 Å². The van der Waals surface area contributed by atoms with Crippen LogP contribution in [0.2, 0.25) is 0 Å². The highest BCUT2D eigenvalue weighted by Crippen LogP contribution is 2.62. The number of benzene rings is 1. The summed E-state index contributed by atoms with van der Waals surface area (Å²) >= 11 is 0. The number of piperidine rings is 1. The summed E-state index contributed by atoms with van der Waals surface area (Å²) in [5, 5.41) is 12.5. The van der Waals surface area contributed by atoms with Crippen LogP contribution < -0.4 is 10.6 Å². The van der Waals surface area contributed by atoms with Crippen molar-refractivity contribution in [2.45, 2.75) is 18.8 Å². The number of fused-ring (bicyclic) bond motifs is 3. The summed E-state index contributed by atoms with van der Waals surface area (Å²) in [5.41, 5.74) is 10.1. The van der Waals surface area contributed by atoms with Gasteiger partial charge in [-0.1, -0.05) is 11.2 Å². The monoisotopic (exact) mass is 470 g/mol. The van der Waals surface area contributed by atoms with Crippen LogP contribution in [-0.4, -0.2) is 49.9 Å². The first kappa shape index (κ1) is 20.5. The first-order valence-electron chi connectivity index (χ1n) is 11.7. The summed E-state index contributed by atoms with van der Waals surface area (Å²) in [4.78, 5) is 16.0. The molecule has 1 saturated heterocycles. The molecule has 3 unspecified atom stereocenters. The number of nitrogens with zero attached hydrogens (tertiary/aromatic N) is 6. The molecule has 10 heteroatoms. The zero-order valence-corrected chi connectivity index (χ0v) is 19.1. The number of aromatic amines is 1. The van der Waals surface area contributed by atoms with Gasteiger partial charge in [0.2, 0.25) is 5.65 Å². The molecule has 0 amide bonds. The molecule has 0 bridgehead atoms. The summed E-state index contributed by atoms with van der Waals surface area (Å²) in [5.74, 6) is 2.13. The number of hydrogen-bond donors (Lipinski definition) is 2. The summed E-state index contributed by atoms with van der Waals surface area (Å²) in [6.45, 7) is 4.16. The number of aromatic nitrogens is 6. The molecule has 5 aromatic rings. The Balaban J connectivity index is 1.21. The molecule has 0 spiro atoms. The highest BCUT2D eigenvalue weighted by Gasteiger charge is 2.67. The Morgan fingerprint density at radius 1 is 1.23 bits per heavy atom. The molecule has 35 heavy (non-hydrogen) atoms. The molecule has 1 aliphatic carbocycles. The highest BCUT2D eigenvalue weighted by molar-refractivity contribution is 6.00. The van der Waals surface area contributed by atoms with Gasteiger partial charge in [-0.05, 0) is 43.4 Å². The van der Waals surface area contributed by atoms with Crippen molar-refractivity contribution in [3.05, 3.63) is 60.0 Å². The number of anilines is 1. The maximum Gasteiger partial charge on any atom is 0.202 e. The van der Waals surface area contributed by atoms with Gasteiger partial charge in [0.05, 0.1) is 17.6 Å². The number of pyridine rings is 1. The summed E-state index contributed by atoms with van der Waals surface area (Å²) < 4.78 is 19.6. The molecular weight excluding hydrogens is 447 g/mol. The van der Waals surface area contributed by atoms with Gasteiger partial charge in [-0.25, -0.2) is 14.4 Å². The van der Waals surface area contributed by atoms with Crippen molar-refractivity contribution in [3.8, 4) is 11.3 Å². The molecule has 3 N–H and O–H groups in total. The fourth-order valence-corrected chi connectivity index (χ4v) is 6.04. The third kappa shape index (κ3) is 2.86. The van der Waals surface area contributed by atoms with E-state index in [4.69, 9.17) is 20.2 Å². The van der Waals surface area contributed by atoms with E-state index in [1.165, 1.54) is 6.07 Å². The predicted molar refractivity (Wildman–Crippen MR) is 128 cm³/mol. The van der Waals surface area contributed by atoms with E-state index in [9.17, 15) is 4.39 Å². The van der Waals surface area contributed by atoms with Crippen molar-refractivity contribution < 1.29 is 8.91 Å². The molecule has 4 aromatic heterocycles. The largest absolute Gasteiger partial charge is 0.361 e. The molecule has 7 rings (SSSR count). The Bertz CT molecular complexity index is 1600. The molecule has 3 atom stereocenters. The Kier molecular flexibility index (Phi) is 4.26. The Labute approximate surface area is 199 Å². The number of rotatable bonds is 4. The van der Waals surface area contributed by atoms with Gasteiger partial charge in [-0.15, -0.1) is 0 Å². The third-order valence-electron chi connectivity index (χ3n) is 7.84. The van der Waals surface area contributed by atoms with Crippen LogP contribution in [0.15, 0.2) is 47.2 Å².